The van der Waals surface area contributed by atoms with Crippen molar-refractivity contribution in [2.45, 2.75) is 19.9 Å². The first-order valence-corrected chi connectivity index (χ1v) is 6.43. The van der Waals surface area contributed by atoms with E-state index in [0.29, 0.717) is 10.4 Å². The SMILES string of the molecule is CC(C)NC(=O)c1cc2ccc(C(N)=O)cc2s1. The Morgan fingerprint density at radius 2 is 2.00 bits per heavy atom. The van der Waals surface area contributed by atoms with Gasteiger partial charge in [-0.25, -0.2) is 0 Å². The molecule has 0 aliphatic rings. The second kappa shape index (κ2) is 4.78. The van der Waals surface area contributed by atoms with Crippen LogP contribution < -0.4 is 11.1 Å². The zero-order valence-electron chi connectivity index (χ0n) is 10.2. The number of nitrogens with two attached hydrogens (primary N) is 1. The van der Waals surface area contributed by atoms with Crippen LogP contribution in [0.2, 0.25) is 0 Å². The van der Waals surface area contributed by atoms with E-state index in [2.05, 4.69) is 5.32 Å². The molecule has 2 rings (SSSR count). The molecule has 0 aliphatic heterocycles. The number of nitrogens with one attached hydrogen (secondary N) is 1. The van der Waals surface area contributed by atoms with Gasteiger partial charge in [0.2, 0.25) is 5.91 Å². The molecule has 2 amide bonds. The van der Waals surface area contributed by atoms with E-state index in [1.807, 2.05) is 19.9 Å². The van der Waals surface area contributed by atoms with Gasteiger partial charge in [0.15, 0.2) is 0 Å². The standard InChI is InChI=1S/C13H14N2O2S/c1-7(2)15-13(17)11-5-8-3-4-9(12(14)16)6-10(8)18-11/h3-7H,1-2H3,(H2,14,16)(H,15,17). The minimum absolute atomic E-state index is 0.0909. The Hall–Kier alpha value is -1.88. The number of benzene rings is 1. The van der Waals surface area contributed by atoms with Crippen LogP contribution >= 0.6 is 11.3 Å². The van der Waals surface area contributed by atoms with E-state index in [4.69, 9.17) is 5.73 Å². The van der Waals surface area contributed by atoms with Gasteiger partial charge in [-0.15, -0.1) is 11.3 Å². The van der Waals surface area contributed by atoms with Gasteiger partial charge in [0, 0.05) is 16.3 Å². The number of fused-ring (bicyclic) bond motifs is 1. The number of hydrogen-bond donors (Lipinski definition) is 2. The first-order valence-electron chi connectivity index (χ1n) is 5.61. The van der Waals surface area contributed by atoms with Crippen LogP contribution in [0, 0.1) is 0 Å². The van der Waals surface area contributed by atoms with E-state index in [1.54, 1.807) is 18.2 Å². The average Bonchev–Trinajstić information content (AvgIpc) is 2.70. The summed E-state index contributed by atoms with van der Waals surface area (Å²) >= 11 is 1.36. The molecule has 0 radical (unpaired) electrons. The highest BCUT2D eigenvalue weighted by Gasteiger charge is 2.12. The average molecular weight is 262 g/mol. The van der Waals surface area contributed by atoms with Gasteiger partial charge < -0.3 is 11.1 Å². The van der Waals surface area contributed by atoms with Crippen molar-refractivity contribution in [3.63, 3.8) is 0 Å². The maximum Gasteiger partial charge on any atom is 0.261 e. The summed E-state index contributed by atoms with van der Waals surface area (Å²) in [5.41, 5.74) is 5.68. The fraction of sp³-hybridized carbons (Fsp3) is 0.231. The fourth-order valence-corrected chi connectivity index (χ4v) is 2.63. The lowest BCUT2D eigenvalue weighted by Crippen LogP contribution is -2.29. The monoisotopic (exact) mass is 262 g/mol. The zero-order chi connectivity index (χ0) is 13.3. The number of primary amides is 1. The van der Waals surface area contributed by atoms with E-state index < -0.39 is 5.91 Å². The summed E-state index contributed by atoms with van der Waals surface area (Å²) < 4.78 is 0.889. The summed E-state index contributed by atoms with van der Waals surface area (Å²) in [5.74, 6) is -0.551. The molecular formula is C13H14N2O2S. The molecule has 0 fully saturated rings. The topological polar surface area (TPSA) is 72.2 Å². The van der Waals surface area contributed by atoms with Crippen LogP contribution in [0.15, 0.2) is 24.3 Å². The number of thiophene rings is 1. The molecule has 0 unspecified atom stereocenters. The minimum atomic E-state index is -0.460. The maximum absolute atomic E-state index is 11.9. The summed E-state index contributed by atoms with van der Waals surface area (Å²) in [7, 11) is 0. The third kappa shape index (κ3) is 2.51. The molecule has 94 valence electrons. The van der Waals surface area contributed by atoms with Crippen molar-refractivity contribution in [1.29, 1.82) is 0 Å². The Labute approximate surface area is 109 Å². The second-order valence-corrected chi connectivity index (χ2v) is 5.44. The Morgan fingerprint density at radius 1 is 1.28 bits per heavy atom. The second-order valence-electron chi connectivity index (χ2n) is 4.36. The third-order valence-corrected chi connectivity index (χ3v) is 3.54. The van der Waals surface area contributed by atoms with Crippen molar-refractivity contribution >= 4 is 33.2 Å². The molecule has 0 spiro atoms. The maximum atomic E-state index is 11.9. The first-order chi connectivity index (χ1) is 8.47. The predicted octanol–water partition coefficient (Wildman–Crippen LogP) is 2.14. The summed E-state index contributed by atoms with van der Waals surface area (Å²) in [6.45, 7) is 3.83. The van der Waals surface area contributed by atoms with Crippen molar-refractivity contribution in [2.24, 2.45) is 5.73 Å². The van der Waals surface area contributed by atoms with Crippen molar-refractivity contribution in [3.8, 4) is 0 Å². The Morgan fingerprint density at radius 3 is 2.61 bits per heavy atom. The number of hydrogen-bond acceptors (Lipinski definition) is 3. The van der Waals surface area contributed by atoms with Gasteiger partial charge in [0.05, 0.1) is 4.88 Å². The number of carbonyl (C=O) groups is 2. The van der Waals surface area contributed by atoms with Gasteiger partial charge in [-0.1, -0.05) is 6.07 Å². The lowest BCUT2D eigenvalue weighted by Gasteiger charge is -2.05. The van der Waals surface area contributed by atoms with Gasteiger partial charge in [0.1, 0.15) is 0 Å². The van der Waals surface area contributed by atoms with Crippen molar-refractivity contribution in [2.75, 3.05) is 0 Å². The molecular weight excluding hydrogens is 248 g/mol. The van der Waals surface area contributed by atoms with E-state index in [9.17, 15) is 9.59 Å². The van der Waals surface area contributed by atoms with Crippen LogP contribution in [0.1, 0.15) is 33.9 Å². The van der Waals surface area contributed by atoms with Gasteiger partial charge in [-0.2, -0.15) is 0 Å². The Balaban J connectivity index is 2.38. The normalized spacial score (nSPS) is 10.8. The quantitative estimate of drug-likeness (QED) is 0.889. The lowest BCUT2D eigenvalue weighted by atomic mass is 10.1. The van der Waals surface area contributed by atoms with Gasteiger partial charge in [-0.3, -0.25) is 9.59 Å². The number of carbonyl (C=O) groups excluding carboxylic acids is 2. The molecule has 18 heavy (non-hydrogen) atoms. The van der Waals surface area contributed by atoms with Crippen LogP contribution in [0.4, 0.5) is 0 Å². The van der Waals surface area contributed by atoms with E-state index in [-0.39, 0.29) is 11.9 Å². The van der Waals surface area contributed by atoms with E-state index in [0.717, 1.165) is 10.1 Å². The smallest absolute Gasteiger partial charge is 0.261 e. The molecule has 0 atom stereocenters. The van der Waals surface area contributed by atoms with Gasteiger partial charge in [-0.05, 0) is 37.4 Å². The molecule has 1 aromatic carbocycles. The molecule has 1 heterocycles. The van der Waals surface area contributed by atoms with Crippen LogP contribution in [0.25, 0.3) is 10.1 Å². The van der Waals surface area contributed by atoms with E-state index >= 15 is 0 Å². The summed E-state index contributed by atoms with van der Waals surface area (Å²) in [6.07, 6.45) is 0. The first kappa shape index (κ1) is 12.6. The molecule has 0 saturated carbocycles. The molecule has 0 bridgehead atoms. The summed E-state index contributed by atoms with van der Waals surface area (Å²) in [4.78, 5) is 23.6. The highest BCUT2D eigenvalue weighted by molar-refractivity contribution is 7.20. The Kier molecular flexibility index (Phi) is 3.34. The highest BCUT2D eigenvalue weighted by Crippen LogP contribution is 2.26. The predicted molar refractivity (Wildman–Crippen MR) is 72.9 cm³/mol. The minimum Gasteiger partial charge on any atom is -0.366 e. The van der Waals surface area contributed by atoms with Crippen molar-refractivity contribution < 1.29 is 9.59 Å². The lowest BCUT2D eigenvalue weighted by molar-refractivity contribution is 0.0946. The van der Waals surface area contributed by atoms with Crippen LogP contribution in [-0.2, 0) is 0 Å². The number of amides is 2. The van der Waals surface area contributed by atoms with Gasteiger partial charge >= 0.3 is 0 Å². The zero-order valence-corrected chi connectivity index (χ0v) is 11.0. The summed E-state index contributed by atoms with van der Waals surface area (Å²) in [6, 6.07) is 7.11. The van der Waals surface area contributed by atoms with Crippen molar-refractivity contribution in [3.05, 3.63) is 34.7 Å². The highest BCUT2D eigenvalue weighted by atomic mass is 32.1. The van der Waals surface area contributed by atoms with Crippen molar-refractivity contribution in [1.82, 2.24) is 5.32 Å². The van der Waals surface area contributed by atoms with Crippen LogP contribution in [-0.4, -0.2) is 17.9 Å². The van der Waals surface area contributed by atoms with Crippen LogP contribution in [0.5, 0.6) is 0 Å². The molecule has 4 nitrogen and oxygen atoms in total. The molecule has 3 N–H and O–H groups in total. The molecule has 0 aliphatic carbocycles. The fourth-order valence-electron chi connectivity index (χ4n) is 1.63. The van der Waals surface area contributed by atoms with Crippen LogP contribution in [0.3, 0.4) is 0 Å². The Bertz CT molecular complexity index is 616. The number of rotatable bonds is 3. The largest absolute Gasteiger partial charge is 0.366 e. The third-order valence-electron chi connectivity index (χ3n) is 2.45. The molecule has 2 aromatic rings. The van der Waals surface area contributed by atoms with Gasteiger partial charge in [0.25, 0.3) is 5.91 Å². The van der Waals surface area contributed by atoms with E-state index in [1.165, 1.54) is 11.3 Å². The molecule has 0 saturated heterocycles. The summed E-state index contributed by atoms with van der Waals surface area (Å²) in [5, 5.41) is 3.78. The molecule has 5 heteroatoms. The molecule has 1 aromatic heterocycles.